The van der Waals surface area contributed by atoms with Gasteiger partial charge in [-0.05, 0) is 113 Å². The van der Waals surface area contributed by atoms with E-state index in [4.69, 9.17) is 28.8 Å². The van der Waals surface area contributed by atoms with Crippen LogP contribution in [0.3, 0.4) is 0 Å². The summed E-state index contributed by atoms with van der Waals surface area (Å²) in [5.41, 5.74) is 12.5. The number of halogens is 11. The van der Waals surface area contributed by atoms with Crippen molar-refractivity contribution in [3.05, 3.63) is 175 Å². The molecule has 7 aromatic rings. The maximum atomic E-state index is 13.8. The fraction of sp³-hybridized carbons (Fsp3) is 0.400. The van der Waals surface area contributed by atoms with E-state index in [1.807, 2.05) is 45.0 Å². The summed E-state index contributed by atoms with van der Waals surface area (Å²) < 4.78 is 123. The van der Waals surface area contributed by atoms with Crippen molar-refractivity contribution in [2.24, 2.45) is 11.8 Å². The number of piperazine rings is 3. The highest BCUT2D eigenvalue weighted by atomic mass is 79.9. The van der Waals surface area contributed by atoms with Crippen LogP contribution in [0.5, 0.6) is 0 Å². The van der Waals surface area contributed by atoms with Crippen LogP contribution in [0.2, 0.25) is 5.02 Å². The molecule has 0 amide bonds. The van der Waals surface area contributed by atoms with Gasteiger partial charge in [0, 0.05) is 105 Å². The second kappa shape index (κ2) is 31.0. The number of nitrogens with one attached hydrogen (secondary N) is 3. The van der Waals surface area contributed by atoms with E-state index in [1.54, 1.807) is 0 Å². The fourth-order valence-electron chi connectivity index (χ4n) is 11.4. The van der Waals surface area contributed by atoms with Gasteiger partial charge in [-0.25, -0.2) is 29.9 Å². The Morgan fingerprint density at radius 2 is 1.01 bits per heavy atom. The second-order valence-corrected chi connectivity index (χ2v) is 25.1. The molecule has 18 nitrogen and oxygen atoms in total. The Hall–Kier alpha value is -8.05. The summed E-state index contributed by atoms with van der Waals surface area (Å²) in [5, 5.41) is 10.6. The molecule has 0 spiro atoms. The molecule has 0 saturated carbocycles. The third kappa shape index (κ3) is 18.4. The molecular weight excluding hydrogens is 1330 g/mol. The van der Waals surface area contributed by atoms with E-state index >= 15 is 0 Å². The van der Waals surface area contributed by atoms with E-state index in [9.17, 15) is 53.9 Å². The minimum absolute atomic E-state index is 0. The number of benzene rings is 1. The highest BCUT2D eigenvalue weighted by molar-refractivity contribution is 9.10. The van der Waals surface area contributed by atoms with E-state index in [0.717, 1.165) is 49.4 Å². The van der Waals surface area contributed by atoms with Gasteiger partial charge in [0.05, 0.1) is 44.4 Å². The summed E-state index contributed by atoms with van der Waals surface area (Å²) in [6.45, 7) is 15.3. The van der Waals surface area contributed by atoms with Crippen LogP contribution in [0.15, 0.2) is 114 Å². The fourth-order valence-corrected chi connectivity index (χ4v) is 11.9. The first kappa shape index (κ1) is 71.8. The molecule has 3 fully saturated rings. The van der Waals surface area contributed by atoms with Gasteiger partial charge in [-0.1, -0.05) is 83.0 Å². The van der Waals surface area contributed by atoms with Crippen molar-refractivity contribution in [3.63, 3.8) is 0 Å². The van der Waals surface area contributed by atoms with Crippen LogP contribution in [-0.2, 0) is 18.5 Å². The van der Waals surface area contributed by atoms with E-state index in [1.165, 1.54) is 61.1 Å². The lowest BCUT2D eigenvalue weighted by molar-refractivity contribution is -0.138. The molecular formula is C65H88BrClF9N15O3. The predicted octanol–water partition coefficient (Wildman–Crippen LogP) is 14.3. The summed E-state index contributed by atoms with van der Waals surface area (Å²) >= 11 is 9.03. The minimum Gasteiger partial charge on any atom is -0.383 e. The predicted molar refractivity (Wildman–Crippen MR) is 364 cm³/mol. The molecule has 10 rings (SSSR count). The molecule has 29 heteroatoms. The zero-order valence-electron chi connectivity index (χ0n) is 52.0. The number of hydrogen-bond acceptors (Lipinski definition) is 18. The number of nitrogens with zero attached hydrogens (tertiary/aromatic N) is 9. The van der Waals surface area contributed by atoms with Gasteiger partial charge in [-0.2, -0.15) is 39.5 Å². The van der Waals surface area contributed by atoms with Crippen molar-refractivity contribution >= 4 is 79.8 Å². The number of nitrogens with two attached hydrogens (primary N) is 3. The molecule has 0 radical (unpaired) electrons. The number of ketones is 3. The lowest BCUT2D eigenvalue weighted by atomic mass is 9.99. The first-order valence-electron chi connectivity index (χ1n) is 30.3. The van der Waals surface area contributed by atoms with Crippen LogP contribution in [0.4, 0.5) is 74.4 Å². The molecule has 4 atom stereocenters. The monoisotopic (exact) mass is 1410 g/mol. The largest absolute Gasteiger partial charge is 0.418 e. The highest BCUT2D eigenvalue weighted by Crippen LogP contribution is 2.38. The Kier molecular flexibility index (Phi) is 23.7. The zero-order chi connectivity index (χ0) is 68.4. The zero-order valence-corrected chi connectivity index (χ0v) is 54.3. The third-order valence-corrected chi connectivity index (χ3v) is 16.3. The van der Waals surface area contributed by atoms with Crippen molar-refractivity contribution in [2.75, 3.05) is 84.3 Å². The maximum Gasteiger partial charge on any atom is 0.418 e. The first-order valence-corrected chi connectivity index (χ1v) is 31.5. The van der Waals surface area contributed by atoms with Gasteiger partial charge in [-0.3, -0.25) is 14.4 Å². The number of anilines is 6. The van der Waals surface area contributed by atoms with Gasteiger partial charge >= 0.3 is 18.5 Å². The Morgan fingerprint density at radius 3 is 1.47 bits per heavy atom. The molecule has 0 bridgehead atoms. The van der Waals surface area contributed by atoms with Crippen LogP contribution >= 0.6 is 27.5 Å². The summed E-state index contributed by atoms with van der Waals surface area (Å²) in [7, 11) is 0. The molecule has 6 aromatic heterocycles. The van der Waals surface area contributed by atoms with E-state index < -0.39 is 69.7 Å². The first-order chi connectivity index (χ1) is 44.4. The van der Waals surface area contributed by atoms with Crippen LogP contribution in [-0.4, -0.2) is 118 Å². The molecule has 3 aliphatic rings. The summed E-state index contributed by atoms with van der Waals surface area (Å²) in [6.07, 6.45) is -6.54. The number of hydrogen-bond donors (Lipinski definition) is 6. The molecule has 0 aliphatic carbocycles. The van der Waals surface area contributed by atoms with E-state index in [-0.39, 0.29) is 74.7 Å². The van der Waals surface area contributed by atoms with Gasteiger partial charge in [0.2, 0.25) is 17.3 Å². The number of aromatic nitrogens is 6. The number of rotatable bonds is 16. The van der Waals surface area contributed by atoms with Gasteiger partial charge < -0.3 is 47.9 Å². The van der Waals surface area contributed by atoms with Crippen molar-refractivity contribution in [1.29, 1.82) is 0 Å². The molecule has 3 saturated heterocycles. The average Bonchev–Trinajstić information content (AvgIpc) is 0.793. The van der Waals surface area contributed by atoms with E-state index in [0.29, 0.717) is 86.1 Å². The molecule has 94 heavy (non-hydrogen) atoms. The van der Waals surface area contributed by atoms with E-state index in [2.05, 4.69) is 96.4 Å². The average molecular weight is 1410 g/mol. The van der Waals surface area contributed by atoms with Gasteiger partial charge in [0.1, 0.15) is 52.0 Å². The standard InChI is InChI=1S/C25H26F3N5O.C20H23BrF3N5O.C20H23ClF3N5O.8H2/c1-2-7-17-14-33(15-20(31-17)16-8-4-3-5-9-16)21-12-11-19(25(26,27)28)22(32-21)23(34)18-10-6-13-30-24(18)29;2*1-11(2)7-13-10-29(6-5-26-13)16-4-3-15(20(22,23)24)17(28-16)18(30)14-8-12(21)9-27-19(14)25;;;;;;;;/h3-6,8-13,17,20,31H,2,7,14-15H2,1H3,(H2,29,30);2*3-4,8-9,11,13,26H,5-7,10H2,1-2H3,(H2,25,27);8*1H/t17-,20-;2*13-;;;;;;;;/m000......../s1. The SMILES string of the molecule is CC(C)C[C@H]1CN(c2ccc(C(F)(F)F)c(C(=O)c3cc(Br)cnc3N)n2)CCN1.CC(C)C[C@H]1CN(c2ccc(C(F)(F)F)c(C(=O)c3cc(Cl)cnc3N)n2)CCN1.CCC[C@H]1CN(c2ccc(C(F)(F)F)c(C(=O)c3cccnc3N)n2)C[C@@H](c2ccccc2)N1.[HH].[HH].[HH].[HH].[HH].[HH].[HH].[HH]. The molecule has 9 heterocycles. The normalized spacial score (nSPS) is 17.9. The lowest BCUT2D eigenvalue weighted by Gasteiger charge is -2.40. The Morgan fingerprint density at radius 1 is 0.574 bits per heavy atom. The molecule has 1 aromatic carbocycles. The quantitative estimate of drug-likeness (QED) is 0.0388. The number of pyridine rings is 6. The van der Waals surface area contributed by atoms with Gasteiger partial charge in [-0.15, -0.1) is 0 Å². The van der Waals surface area contributed by atoms with Gasteiger partial charge in [0.15, 0.2) is 0 Å². The lowest BCUT2D eigenvalue weighted by Crippen LogP contribution is -2.52. The topological polar surface area (TPSA) is 252 Å². The number of carbonyl (C=O) groups excluding carboxylic acids is 3. The number of nitrogen functional groups attached to an aromatic ring is 3. The minimum atomic E-state index is -4.75. The Bertz CT molecular complexity index is 3680. The Balaban J connectivity index is 0.00000145. The van der Waals surface area contributed by atoms with Crippen LogP contribution in [0.1, 0.15) is 148 Å². The molecule has 518 valence electrons. The van der Waals surface area contributed by atoms with Crippen molar-refractivity contribution < 1.29 is 65.3 Å². The smallest absolute Gasteiger partial charge is 0.383 e. The van der Waals surface area contributed by atoms with Crippen LogP contribution < -0.4 is 47.9 Å². The van der Waals surface area contributed by atoms with Crippen LogP contribution in [0.25, 0.3) is 0 Å². The molecule has 3 aliphatic heterocycles. The molecule has 0 unspecified atom stereocenters. The summed E-state index contributed by atoms with van der Waals surface area (Å²) in [6, 6.07) is 22.4. The molecule has 9 N–H and O–H groups in total. The van der Waals surface area contributed by atoms with Crippen LogP contribution in [0, 0.1) is 11.8 Å². The number of carbonyl (C=O) groups is 3. The Labute approximate surface area is 563 Å². The second-order valence-electron chi connectivity index (χ2n) is 23.8. The van der Waals surface area contributed by atoms with Crippen molar-refractivity contribution in [1.82, 2.24) is 45.9 Å². The maximum absolute atomic E-state index is 13.8. The summed E-state index contributed by atoms with van der Waals surface area (Å²) in [4.78, 5) is 68.8. The third-order valence-electron chi connectivity index (χ3n) is 15.7. The number of alkyl halides is 9. The van der Waals surface area contributed by atoms with Crippen molar-refractivity contribution in [2.45, 2.75) is 103 Å². The summed E-state index contributed by atoms with van der Waals surface area (Å²) in [5.74, 6) is -1.35. The highest BCUT2D eigenvalue weighted by Gasteiger charge is 2.41. The van der Waals surface area contributed by atoms with Crippen molar-refractivity contribution in [3.8, 4) is 0 Å². The van der Waals surface area contributed by atoms with Gasteiger partial charge in [0.25, 0.3) is 0 Å².